The average molecular weight is 461 g/mol. The number of benzene rings is 2. The van der Waals surface area contributed by atoms with E-state index in [4.69, 9.17) is 27.9 Å². The van der Waals surface area contributed by atoms with Crippen LogP contribution in [0.4, 0.5) is 5.69 Å². The van der Waals surface area contributed by atoms with E-state index in [0.29, 0.717) is 26.6 Å². The van der Waals surface area contributed by atoms with Crippen molar-refractivity contribution >= 4 is 63.1 Å². The minimum atomic E-state index is -0.173. The molecule has 0 unspecified atom stereocenters. The van der Waals surface area contributed by atoms with Gasteiger partial charge in [-0.2, -0.15) is 0 Å². The molecule has 0 aliphatic rings. The lowest BCUT2D eigenvalue weighted by Gasteiger charge is -2.10. The molecule has 0 fully saturated rings. The standard InChI is InChI=1S/C21H18Cl2N4O2S/c1-12-10-18-25-26-21(27(18)17-11-13(29-2)6-7-14(12)17)30-9-8-19(28)24-20-15(22)4-3-5-16(20)23/h3-7,10-11H,8-9H2,1-2H3,(H,24,28). The van der Waals surface area contributed by atoms with Gasteiger partial charge in [-0.1, -0.05) is 41.0 Å². The molecule has 0 atom stereocenters. The highest BCUT2D eigenvalue weighted by Gasteiger charge is 2.14. The van der Waals surface area contributed by atoms with Crippen LogP contribution in [0.2, 0.25) is 10.0 Å². The number of rotatable bonds is 6. The molecular weight excluding hydrogens is 443 g/mol. The second-order valence-corrected chi connectivity index (χ2v) is 8.51. The molecule has 30 heavy (non-hydrogen) atoms. The molecule has 0 bridgehead atoms. The second kappa shape index (κ2) is 8.71. The van der Waals surface area contributed by atoms with Crippen LogP contribution >= 0.6 is 35.0 Å². The summed E-state index contributed by atoms with van der Waals surface area (Å²) in [5, 5.41) is 14.0. The van der Waals surface area contributed by atoms with E-state index in [1.54, 1.807) is 25.3 Å². The number of nitrogens with zero attached hydrogens (tertiary/aromatic N) is 3. The van der Waals surface area contributed by atoms with Crippen molar-refractivity contribution in [3.05, 3.63) is 58.1 Å². The summed E-state index contributed by atoms with van der Waals surface area (Å²) in [6, 6.07) is 13.0. The zero-order chi connectivity index (χ0) is 21.3. The van der Waals surface area contributed by atoms with E-state index in [0.717, 1.165) is 27.9 Å². The smallest absolute Gasteiger partial charge is 0.225 e. The van der Waals surface area contributed by atoms with Crippen molar-refractivity contribution in [2.24, 2.45) is 0 Å². The maximum absolute atomic E-state index is 12.3. The Morgan fingerprint density at radius 1 is 1.17 bits per heavy atom. The van der Waals surface area contributed by atoms with Crippen molar-refractivity contribution in [1.29, 1.82) is 0 Å². The van der Waals surface area contributed by atoms with Crippen molar-refractivity contribution < 1.29 is 9.53 Å². The minimum absolute atomic E-state index is 0.173. The minimum Gasteiger partial charge on any atom is -0.497 e. The lowest BCUT2D eigenvalue weighted by Crippen LogP contribution is -2.13. The van der Waals surface area contributed by atoms with Gasteiger partial charge in [0, 0.05) is 23.6 Å². The van der Waals surface area contributed by atoms with Crippen LogP contribution in [0.15, 0.2) is 47.6 Å². The highest BCUT2D eigenvalue weighted by Crippen LogP contribution is 2.31. The normalized spacial score (nSPS) is 11.2. The van der Waals surface area contributed by atoms with E-state index in [1.807, 2.05) is 35.6 Å². The summed E-state index contributed by atoms with van der Waals surface area (Å²) in [6.07, 6.45) is 0.272. The number of carbonyl (C=O) groups excluding carboxylic acids is 1. The van der Waals surface area contributed by atoms with Gasteiger partial charge in [0.15, 0.2) is 10.8 Å². The van der Waals surface area contributed by atoms with Gasteiger partial charge in [-0.25, -0.2) is 0 Å². The molecular formula is C21H18Cl2N4O2S. The number of hydrogen-bond acceptors (Lipinski definition) is 5. The first-order valence-corrected chi connectivity index (χ1v) is 10.9. The number of thioether (sulfide) groups is 1. The molecule has 4 aromatic rings. The van der Waals surface area contributed by atoms with Gasteiger partial charge in [0.1, 0.15) is 5.75 Å². The Morgan fingerprint density at radius 2 is 1.93 bits per heavy atom. The summed E-state index contributed by atoms with van der Waals surface area (Å²) < 4.78 is 7.37. The van der Waals surface area contributed by atoms with Crippen LogP contribution in [0.25, 0.3) is 16.6 Å². The van der Waals surface area contributed by atoms with Crippen LogP contribution in [0.5, 0.6) is 5.75 Å². The quantitative estimate of drug-likeness (QED) is 0.377. The molecule has 0 aliphatic carbocycles. The number of hydrogen-bond donors (Lipinski definition) is 1. The lowest BCUT2D eigenvalue weighted by molar-refractivity contribution is -0.115. The van der Waals surface area contributed by atoms with Gasteiger partial charge >= 0.3 is 0 Å². The Morgan fingerprint density at radius 3 is 2.67 bits per heavy atom. The number of carbonyl (C=O) groups is 1. The molecule has 2 heterocycles. The Balaban J connectivity index is 1.53. The molecule has 4 rings (SSSR count). The molecule has 0 spiro atoms. The SMILES string of the molecule is COc1ccc2c(C)cc3nnc(SCCC(=O)Nc4c(Cl)cccc4Cl)n3c2c1. The van der Waals surface area contributed by atoms with Crippen molar-refractivity contribution in [3.63, 3.8) is 0 Å². The first kappa shape index (κ1) is 20.8. The number of fused-ring (bicyclic) bond motifs is 3. The monoisotopic (exact) mass is 460 g/mol. The van der Waals surface area contributed by atoms with E-state index in [1.165, 1.54) is 11.8 Å². The molecule has 2 aromatic carbocycles. The number of amides is 1. The molecule has 2 aromatic heterocycles. The van der Waals surface area contributed by atoms with Gasteiger partial charge in [0.25, 0.3) is 0 Å². The van der Waals surface area contributed by atoms with Crippen LogP contribution in [-0.2, 0) is 4.79 Å². The molecule has 0 saturated carbocycles. The number of para-hydroxylation sites is 1. The molecule has 1 N–H and O–H groups in total. The van der Waals surface area contributed by atoms with Crippen molar-refractivity contribution in [3.8, 4) is 5.75 Å². The summed E-state index contributed by atoms with van der Waals surface area (Å²) in [4.78, 5) is 12.3. The first-order chi connectivity index (χ1) is 14.5. The van der Waals surface area contributed by atoms with Gasteiger partial charge in [0.05, 0.1) is 28.4 Å². The zero-order valence-electron chi connectivity index (χ0n) is 16.3. The van der Waals surface area contributed by atoms with Gasteiger partial charge in [-0.3, -0.25) is 9.20 Å². The molecule has 6 nitrogen and oxygen atoms in total. The van der Waals surface area contributed by atoms with Crippen LogP contribution in [0, 0.1) is 6.92 Å². The Labute approximate surface area is 187 Å². The van der Waals surface area contributed by atoms with Crippen LogP contribution in [0.1, 0.15) is 12.0 Å². The first-order valence-electron chi connectivity index (χ1n) is 9.17. The van der Waals surface area contributed by atoms with Crippen LogP contribution in [0.3, 0.4) is 0 Å². The van der Waals surface area contributed by atoms with E-state index in [2.05, 4.69) is 15.5 Å². The molecule has 154 valence electrons. The largest absolute Gasteiger partial charge is 0.497 e. The predicted octanol–water partition coefficient (Wildman–Crippen LogP) is 5.63. The highest BCUT2D eigenvalue weighted by atomic mass is 35.5. The number of halogens is 2. The Hall–Kier alpha value is -2.48. The van der Waals surface area contributed by atoms with Gasteiger partial charge < -0.3 is 10.1 Å². The van der Waals surface area contributed by atoms with Gasteiger partial charge in [-0.15, -0.1) is 10.2 Å². The summed E-state index contributed by atoms with van der Waals surface area (Å²) in [5.74, 6) is 1.11. The number of ether oxygens (including phenoxy) is 1. The van der Waals surface area contributed by atoms with Crippen molar-refractivity contribution in [2.75, 3.05) is 18.2 Å². The van der Waals surface area contributed by atoms with Crippen LogP contribution < -0.4 is 10.1 Å². The van der Waals surface area contributed by atoms with Gasteiger partial charge in [-0.05, 0) is 42.8 Å². The number of aromatic nitrogens is 3. The fourth-order valence-electron chi connectivity index (χ4n) is 3.18. The summed E-state index contributed by atoms with van der Waals surface area (Å²) in [5.41, 5.74) is 3.25. The number of pyridine rings is 1. The van der Waals surface area contributed by atoms with Crippen molar-refractivity contribution in [2.45, 2.75) is 18.5 Å². The fraction of sp³-hybridized carbons (Fsp3) is 0.190. The third-order valence-electron chi connectivity index (χ3n) is 4.66. The fourth-order valence-corrected chi connectivity index (χ4v) is 4.56. The molecule has 1 amide bonds. The van der Waals surface area contributed by atoms with Gasteiger partial charge in [0.2, 0.25) is 5.91 Å². The number of nitrogens with one attached hydrogen (secondary N) is 1. The second-order valence-electron chi connectivity index (χ2n) is 6.63. The molecule has 0 radical (unpaired) electrons. The van der Waals surface area contributed by atoms with Crippen LogP contribution in [-0.4, -0.2) is 33.4 Å². The summed E-state index contributed by atoms with van der Waals surface area (Å²) >= 11 is 13.7. The van der Waals surface area contributed by atoms with E-state index < -0.39 is 0 Å². The third kappa shape index (κ3) is 4.05. The summed E-state index contributed by atoms with van der Waals surface area (Å²) in [7, 11) is 1.64. The topological polar surface area (TPSA) is 68.5 Å². The molecule has 0 aliphatic heterocycles. The third-order valence-corrected chi connectivity index (χ3v) is 6.22. The number of aryl methyl sites for hydroxylation is 1. The molecule has 0 saturated heterocycles. The summed E-state index contributed by atoms with van der Waals surface area (Å²) in [6.45, 7) is 2.04. The lowest BCUT2D eigenvalue weighted by atomic mass is 10.1. The van der Waals surface area contributed by atoms with E-state index >= 15 is 0 Å². The molecule has 9 heteroatoms. The number of anilines is 1. The maximum Gasteiger partial charge on any atom is 0.225 e. The highest BCUT2D eigenvalue weighted by molar-refractivity contribution is 7.99. The zero-order valence-corrected chi connectivity index (χ0v) is 18.6. The Kier molecular flexibility index (Phi) is 6.04. The number of methoxy groups -OCH3 is 1. The maximum atomic E-state index is 12.3. The predicted molar refractivity (Wildman–Crippen MR) is 122 cm³/mol. The van der Waals surface area contributed by atoms with Crippen molar-refractivity contribution in [1.82, 2.24) is 14.6 Å². The van der Waals surface area contributed by atoms with E-state index in [9.17, 15) is 4.79 Å². The average Bonchev–Trinajstić information content (AvgIpc) is 3.13. The van der Waals surface area contributed by atoms with E-state index in [-0.39, 0.29) is 12.3 Å². The Bertz CT molecular complexity index is 1240.